The van der Waals surface area contributed by atoms with Crippen LogP contribution in [0.25, 0.3) is 22.2 Å². The minimum atomic E-state index is -0.535. The van der Waals surface area contributed by atoms with Gasteiger partial charge in [-0.05, 0) is 35.9 Å². The molecule has 0 fully saturated rings. The molecule has 3 rings (SSSR count). The topological polar surface area (TPSA) is 88.4 Å². The van der Waals surface area contributed by atoms with Crippen LogP contribution in [0.1, 0.15) is 0 Å². The zero-order chi connectivity index (χ0) is 15.0. The molecule has 2 aromatic carbocycles. The summed E-state index contributed by atoms with van der Waals surface area (Å²) in [6.45, 7) is 0. The largest absolute Gasteiger partial charge is 0.507 e. The van der Waals surface area contributed by atoms with Gasteiger partial charge in [0.25, 0.3) is 5.69 Å². The molecule has 1 aromatic heterocycles. The van der Waals surface area contributed by atoms with E-state index < -0.39 is 4.92 Å². The predicted molar refractivity (Wildman–Crippen MR) is 78.6 cm³/mol. The lowest BCUT2D eigenvalue weighted by atomic mass is 10.1. The number of nitro groups is 1. The summed E-state index contributed by atoms with van der Waals surface area (Å²) in [6.07, 6.45) is 0. The molecule has 21 heavy (non-hydrogen) atoms. The summed E-state index contributed by atoms with van der Waals surface area (Å²) in [5.74, 6) is 0.628. The molecule has 0 amide bonds. The number of phenols is 1. The van der Waals surface area contributed by atoms with Gasteiger partial charge in [0.15, 0.2) is 0 Å². The lowest BCUT2D eigenvalue weighted by Crippen LogP contribution is -1.87. The van der Waals surface area contributed by atoms with Crippen LogP contribution in [-0.4, -0.2) is 22.1 Å². The number of aromatic nitrogens is 1. The third kappa shape index (κ3) is 2.27. The Morgan fingerprint density at radius 1 is 1.19 bits per heavy atom. The van der Waals surface area contributed by atoms with Crippen molar-refractivity contribution in [1.82, 2.24) is 4.98 Å². The predicted octanol–water partition coefficient (Wildman–Crippen LogP) is 3.46. The molecule has 106 valence electrons. The first-order valence-corrected chi connectivity index (χ1v) is 6.23. The second-order valence-electron chi connectivity index (χ2n) is 4.59. The van der Waals surface area contributed by atoms with Crippen molar-refractivity contribution in [2.45, 2.75) is 0 Å². The SMILES string of the molecule is COc1ccc(-c2cc3c(O)cc([N+](=O)[O-])cc3[nH]2)cc1. The number of nitro benzene ring substituents is 1. The van der Waals surface area contributed by atoms with Crippen LogP contribution in [0.4, 0.5) is 5.69 Å². The van der Waals surface area contributed by atoms with Crippen LogP contribution in [0.2, 0.25) is 0 Å². The summed E-state index contributed by atoms with van der Waals surface area (Å²) in [7, 11) is 1.59. The zero-order valence-corrected chi connectivity index (χ0v) is 11.2. The number of nitrogens with one attached hydrogen (secondary N) is 1. The molecule has 0 aliphatic carbocycles. The lowest BCUT2D eigenvalue weighted by molar-refractivity contribution is -0.384. The third-order valence-corrected chi connectivity index (χ3v) is 3.31. The van der Waals surface area contributed by atoms with E-state index in [9.17, 15) is 15.2 Å². The number of aromatic amines is 1. The normalized spacial score (nSPS) is 10.7. The molecule has 1 heterocycles. The molecule has 6 heteroatoms. The summed E-state index contributed by atoms with van der Waals surface area (Å²) in [5, 5.41) is 21.3. The first-order chi connectivity index (χ1) is 10.1. The van der Waals surface area contributed by atoms with Crippen LogP contribution in [0.3, 0.4) is 0 Å². The fourth-order valence-electron chi connectivity index (χ4n) is 2.24. The molecule has 3 aromatic rings. The van der Waals surface area contributed by atoms with Gasteiger partial charge in [0.05, 0.1) is 23.6 Å². The Labute approximate surface area is 119 Å². The molecule has 0 saturated carbocycles. The Morgan fingerprint density at radius 2 is 1.90 bits per heavy atom. The van der Waals surface area contributed by atoms with Crippen LogP contribution < -0.4 is 4.74 Å². The minimum Gasteiger partial charge on any atom is -0.507 e. The molecule has 6 nitrogen and oxygen atoms in total. The maximum Gasteiger partial charge on any atom is 0.275 e. The first kappa shape index (κ1) is 13.0. The number of nitrogens with zero attached hydrogens (tertiary/aromatic N) is 1. The van der Waals surface area contributed by atoms with Crippen molar-refractivity contribution in [2.24, 2.45) is 0 Å². The highest BCUT2D eigenvalue weighted by Crippen LogP contribution is 2.33. The number of methoxy groups -OCH3 is 1. The fraction of sp³-hybridized carbons (Fsp3) is 0.0667. The van der Waals surface area contributed by atoms with E-state index >= 15 is 0 Å². The highest BCUT2D eigenvalue weighted by Gasteiger charge is 2.14. The Hall–Kier alpha value is -3.02. The quantitative estimate of drug-likeness (QED) is 0.569. The number of H-pyrrole nitrogens is 1. The molecule has 2 N–H and O–H groups in total. The average molecular weight is 284 g/mol. The number of hydrogen-bond acceptors (Lipinski definition) is 4. The van der Waals surface area contributed by atoms with Crippen molar-refractivity contribution in [1.29, 1.82) is 0 Å². The van der Waals surface area contributed by atoms with E-state index in [0.717, 1.165) is 23.1 Å². The summed E-state index contributed by atoms with van der Waals surface area (Å²) in [4.78, 5) is 13.4. The molecule has 0 atom stereocenters. The van der Waals surface area contributed by atoms with Crippen molar-refractivity contribution >= 4 is 16.6 Å². The van der Waals surface area contributed by atoms with Gasteiger partial charge in [0, 0.05) is 17.1 Å². The minimum absolute atomic E-state index is 0.116. The van der Waals surface area contributed by atoms with Gasteiger partial charge in [-0.2, -0.15) is 0 Å². The third-order valence-electron chi connectivity index (χ3n) is 3.31. The summed E-state index contributed by atoms with van der Waals surface area (Å²) in [5.41, 5.74) is 2.04. The molecule has 0 bridgehead atoms. The van der Waals surface area contributed by atoms with Gasteiger partial charge in [-0.1, -0.05) is 0 Å². The maximum atomic E-state index is 10.8. The number of non-ortho nitro benzene ring substituents is 1. The van der Waals surface area contributed by atoms with E-state index in [-0.39, 0.29) is 11.4 Å². The Bertz CT molecular complexity index is 822. The molecule has 0 radical (unpaired) electrons. The van der Waals surface area contributed by atoms with E-state index in [1.807, 2.05) is 24.3 Å². The Kier molecular flexibility index (Phi) is 2.98. The molecular formula is C15H12N2O4. The van der Waals surface area contributed by atoms with Crippen LogP contribution in [0.15, 0.2) is 42.5 Å². The zero-order valence-electron chi connectivity index (χ0n) is 11.2. The van der Waals surface area contributed by atoms with Crippen molar-refractivity contribution in [2.75, 3.05) is 7.11 Å². The van der Waals surface area contributed by atoms with Gasteiger partial charge in [-0.3, -0.25) is 10.1 Å². The number of phenolic OH excluding ortho intramolecular Hbond substituents is 1. The standard InChI is InChI=1S/C15H12N2O4/c1-21-11-4-2-9(3-5-11)13-8-12-14(16-13)6-10(17(19)20)7-15(12)18/h2-8,16,18H,1H3. The van der Waals surface area contributed by atoms with Crippen molar-refractivity contribution in [3.8, 4) is 22.8 Å². The van der Waals surface area contributed by atoms with Crippen LogP contribution in [0.5, 0.6) is 11.5 Å². The molecule has 0 saturated heterocycles. The first-order valence-electron chi connectivity index (χ1n) is 6.23. The monoisotopic (exact) mass is 284 g/mol. The molecule has 0 unspecified atom stereocenters. The Morgan fingerprint density at radius 3 is 2.52 bits per heavy atom. The maximum absolute atomic E-state index is 10.8. The van der Waals surface area contributed by atoms with Crippen LogP contribution in [0, 0.1) is 10.1 Å². The van der Waals surface area contributed by atoms with E-state index in [2.05, 4.69) is 4.98 Å². The number of hydrogen-bond donors (Lipinski definition) is 2. The van der Waals surface area contributed by atoms with Gasteiger partial charge in [-0.25, -0.2) is 0 Å². The van der Waals surface area contributed by atoms with Crippen molar-refractivity contribution < 1.29 is 14.8 Å². The second-order valence-corrected chi connectivity index (χ2v) is 4.59. The Balaban J connectivity index is 2.11. The van der Waals surface area contributed by atoms with Crippen LogP contribution >= 0.6 is 0 Å². The van der Waals surface area contributed by atoms with Crippen molar-refractivity contribution in [3.05, 3.63) is 52.6 Å². The lowest BCUT2D eigenvalue weighted by Gasteiger charge is -2.01. The highest BCUT2D eigenvalue weighted by atomic mass is 16.6. The van der Waals surface area contributed by atoms with Gasteiger partial charge in [0.1, 0.15) is 11.5 Å². The van der Waals surface area contributed by atoms with E-state index in [1.165, 1.54) is 6.07 Å². The van der Waals surface area contributed by atoms with Crippen molar-refractivity contribution in [3.63, 3.8) is 0 Å². The summed E-state index contributed by atoms with van der Waals surface area (Å²) >= 11 is 0. The summed E-state index contributed by atoms with van der Waals surface area (Å²) < 4.78 is 5.10. The molecule has 0 spiro atoms. The molecule has 0 aliphatic rings. The van der Waals surface area contributed by atoms with Gasteiger partial charge in [0.2, 0.25) is 0 Å². The van der Waals surface area contributed by atoms with Gasteiger partial charge >= 0.3 is 0 Å². The van der Waals surface area contributed by atoms with Gasteiger partial charge < -0.3 is 14.8 Å². The number of rotatable bonds is 3. The molecular weight excluding hydrogens is 272 g/mol. The fourth-order valence-corrected chi connectivity index (χ4v) is 2.24. The van der Waals surface area contributed by atoms with E-state index in [0.29, 0.717) is 10.9 Å². The molecule has 0 aliphatic heterocycles. The number of fused-ring (bicyclic) bond motifs is 1. The smallest absolute Gasteiger partial charge is 0.275 e. The van der Waals surface area contributed by atoms with Gasteiger partial charge in [-0.15, -0.1) is 0 Å². The van der Waals surface area contributed by atoms with E-state index in [1.54, 1.807) is 13.2 Å². The average Bonchev–Trinajstić information content (AvgIpc) is 2.92. The number of benzene rings is 2. The highest BCUT2D eigenvalue weighted by molar-refractivity contribution is 5.92. The summed E-state index contributed by atoms with van der Waals surface area (Å²) in [6, 6.07) is 11.7. The number of ether oxygens (including phenoxy) is 1. The number of aromatic hydroxyl groups is 1. The second kappa shape index (κ2) is 4.82. The van der Waals surface area contributed by atoms with E-state index in [4.69, 9.17) is 4.74 Å². The van der Waals surface area contributed by atoms with Crippen LogP contribution in [-0.2, 0) is 0 Å².